The maximum absolute atomic E-state index is 7.53. The van der Waals surface area contributed by atoms with Crippen LogP contribution in [0.15, 0.2) is 249 Å². The van der Waals surface area contributed by atoms with Gasteiger partial charge in [0.05, 0.1) is 33.5 Å². The van der Waals surface area contributed by atoms with Gasteiger partial charge in [-0.05, 0) is 138 Å². The summed E-state index contributed by atoms with van der Waals surface area (Å²) < 4.78 is 9.91. The molecule has 2 aromatic heterocycles. The molecule has 5 nitrogen and oxygen atoms in total. The molecule has 2 aliphatic rings. The van der Waals surface area contributed by atoms with E-state index >= 15 is 0 Å². The zero-order valence-corrected chi connectivity index (χ0v) is 49.6. The predicted octanol–water partition coefficient (Wildman–Crippen LogP) is 20.8. The van der Waals surface area contributed by atoms with Gasteiger partial charge >= 0.3 is 0 Å². The molecule has 0 atom stereocenters. The van der Waals surface area contributed by atoms with Crippen LogP contribution >= 0.6 is 0 Å². The number of nitrogens with zero attached hydrogens (tertiary/aromatic N) is 4. The molecule has 84 heavy (non-hydrogen) atoms. The molecule has 0 saturated heterocycles. The summed E-state index contributed by atoms with van der Waals surface area (Å²) in [6.45, 7) is 21.2. The highest BCUT2D eigenvalue weighted by atomic mass is 16.5. The van der Waals surface area contributed by atoms with Gasteiger partial charge in [0, 0.05) is 45.9 Å². The normalized spacial score (nSPS) is 13.8. The van der Waals surface area contributed by atoms with Crippen LogP contribution in [0.4, 0.5) is 22.7 Å². The summed E-state index contributed by atoms with van der Waals surface area (Å²) in [6, 6.07) is 89.6. The third kappa shape index (κ3) is 8.71. The van der Waals surface area contributed by atoms with E-state index in [0.29, 0.717) is 6.67 Å². The van der Waals surface area contributed by atoms with Crippen LogP contribution in [-0.2, 0) is 21.7 Å². The van der Waals surface area contributed by atoms with Crippen molar-refractivity contribution in [3.05, 3.63) is 288 Å². The Kier molecular flexibility index (Phi) is 12.5. The van der Waals surface area contributed by atoms with E-state index < -0.39 is 5.41 Å². The molecule has 1 aliphatic carbocycles. The second kappa shape index (κ2) is 19.9. The molecule has 0 spiro atoms. The number of hydrogen-bond acceptors (Lipinski definition) is 4. The molecule has 14 rings (SSSR count). The molecule has 412 valence electrons. The first kappa shape index (κ1) is 52.6. The van der Waals surface area contributed by atoms with Crippen molar-refractivity contribution in [2.24, 2.45) is 0 Å². The fourth-order valence-electron chi connectivity index (χ4n) is 13.5. The van der Waals surface area contributed by atoms with Gasteiger partial charge in [-0.3, -0.25) is 4.57 Å². The Morgan fingerprint density at radius 3 is 1.60 bits per heavy atom. The van der Waals surface area contributed by atoms with Gasteiger partial charge in [-0.2, -0.15) is 0 Å². The summed E-state index contributed by atoms with van der Waals surface area (Å²) >= 11 is 0. The highest BCUT2D eigenvalue weighted by Crippen LogP contribution is 2.58. The maximum atomic E-state index is 7.53. The van der Waals surface area contributed by atoms with Crippen LogP contribution in [0, 0.1) is 0 Å². The van der Waals surface area contributed by atoms with Crippen molar-refractivity contribution in [3.8, 4) is 50.7 Å². The van der Waals surface area contributed by atoms with Gasteiger partial charge in [0.25, 0.3) is 0 Å². The van der Waals surface area contributed by atoms with Gasteiger partial charge in [-0.25, -0.2) is 4.98 Å². The van der Waals surface area contributed by atoms with E-state index in [1.54, 1.807) is 0 Å². The number of fused-ring (bicyclic) bond motifs is 7. The average molecular weight is 1090 g/mol. The largest absolute Gasteiger partial charge is 0.457 e. The summed E-state index contributed by atoms with van der Waals surface area (Å²) in [5.41, 5.74) is 21.4. The van der Waals surface area contributed by atoms with E-state index in [9.17, 15) is 0 Å². The van der Waals surface area contributed by atoms with Crippen LogP contribution < -0.4 is 14.5 Å². The van der Waals surface area contributed by atoms with Gasteiger partial charge in [-0.15, -0.1) is 0 Å². The lowest BCUT2D eigenvalue weighted by molar-refractivity contribution is 0.482. The van der Waals surface area contributed by atoms with Crippen molar-refractivity contribution in [1.29, 1.82) is 0 Å². The van der Waals surface area contributed by atoms with Gasteiger partial charge in [0.15, 0.2) is 0 Å². The van der Waals surface area contributed by atoms with Gasteiger partial charge in [0.2, 0.25) is 0 Å². The summed E-state index contributed by atoms with van der Waals surface area (Å²) in [4.78, 5) is 10.2. The molecule has 10 aromatic carbocycles. The number of hydrogen-bond donors (Lipinski definition) is 0. The maximum Gasteiger partial charge on any atom is 0.137 e. The molecule has 0 fully saturated rings. The number of ether oxygens (including phenoxy) is 1. The van der Waals surface area contributed by atoms with Crippen LogP contribution in [0.5, 0.6) is 11.5 Å². The Bertz CT molecular complexity index is 4390. The van der Waals surface area contributed by atoms with Crippen LogP contribution in [0.25, 0.3) is 61.0 Å². The molecule has 12 aromatic rings. The first-order valence-electron chi connectivity index (χ1n) is 29.6. The number of anilines is 4. The Morgan fingerprint density at radius 1 is 0.417 bits per heavy atom. The first-order chi connectivity index (χ1) is 40.6. The zero-order valence-electron chi connectivity index (χ0n) is 49.6. The van der Waals surface area contributed by atoms with Crippen LogP contribution in [0.3, 0.4) is 0 Å². The first-order valence-corrected chi connectivity index (χ1v) is 29.6. The van der Waals surface area contributed by atoms with Crippen molar-refractivity contribution in [1.82, 2.24) is 9.55 Å². The molecule has 1 aliphatic heterocycles. The average Bonchev–Trinajstić information content (AvgIpc) is 1.73. The molecular formula is C79H70N4O. The molecule has 3 heterocycles. The number of pyridine rings is 1. The quantitative estimate of drug-likeness (QED) is 0.144. The van der Waals surface area contributed by atoms with Crippen LogP contribution in [-0.4, -0.2) is 16.2 Å². The Hall–Kier alpha value is -9.45. The summed E-state index contributed by atoms with van der Waals surface area (Å²) in [5.74, 6) is 2.37. The van der Waals surface area contributed by atoms with E-state index in [1.165, 1.54) is 83.4 Å². The predicted molar refractivity (Wildman–Crippen MR) is 351 cm³/mol. The van der Waals surface area contributed by atoms with E-state index in [0.717, 1.165) is 50.8 Å². The fraction of sp³-hybridized carbons (Fsp3) is 0.177. The topological polar surface area (TPSA) is 33.5 Å². The minimum Gasteiger partial charge on any atom is -0.457 e. The minimum absolute atomic E-state index is 0.0735. The highest BCUT2D eigenvalue weighted by molar-refractivity contribution is 6.11. The third-order valence-electron chi connectivity index (χ3n) is 17.6. The second-order valence-electron chi connectivity index (χ2n) is 26.0. The Labute approximate surface area is 495 Å². The monoisotopic (exact) mass is 1090 g/mol. The zero-order chi connectivity index (χ0) is 57.7. The molecule has 0 unspecified atom stereocenters. The fourth-order valence-corrected chi connectivity index (χ4v) is 13.5. The molecule has 0 radical (unpaired) electrons. The summed E-state index contributed by atoms with van der Waals surface area (Å²) in [5, 5.41) is 2.34. The van der Waals surface area contributed by atoms with Gasteiger partial charge in [-0.1, -0.05) is 232 Å². The molecule has 0 bridgehead atoms. The number of benzene rings is 10. The van der Waals surface area contributed by atoms with Crippen molar-refractivity contribution < 1.29 is 4.74 Å². The lowest BCUT2D eigenvalue weighted by Crippen LogP contribution is -2.29. The van der Waals surface area contributed by atoms with Crippen molar-refractivity contribution in [2.75, 3.05) is 16.5 Å². The lowest BCUT2D eigenvalue weighted by Gasteiger charge is -2.35. The van der Waals surface area contributed by atoms with E-state index in [-0.39, 0.29) is 16.2 Å². The minimum atomic E-state index is -0.700. The highest BCUT2D eigenvalue weighted by Gasteiger charge is 2.47. The second-order valence-corrected chi connectivity index (χ2v) is 26.0. The summed E-state index contributed by atoms with van der Waals surface area (Å²) in [7, 11) is 0. The van der Waals surface area contributed by atoms with Gasteiger partial charge < -0.3 is 14.5 Å². The van der Waals surface area contributed by atoms with E-state index in [2.05, 4.69) is 319 Å². The smallest absolute Gasteiger partial charge is 0.137 e. The summed E-state index contributed by atoms with van der Waals surface area (Å²) in [6.07, 6.45) is 1.96. The standard InChI is InChI=1S/C79H70N4O/c1-76(2,3)55-42-43-80-73(48-55)83-72-50-59(40-41-63(72)64-34-25-37-69(75(64)83)78(7,8)9)84-60-45-57(79(54-30-17-12-18-31-54)67-35-21-19-32-61(67)62-33-20-22-36-68(62)79)44-58(49-60)81-51-82(71-39-24-23-38-70(71)81)74-65(52-26-13-10-14-27-52)46-56(77(4,5)6)47-66(74)53-28-15-11-16-29-53/h10-50H,51H2,1-9H3. The Morgan fingerprint density at radius 2 is 0.988 bits per heavy atom. The van der Waals surface area contributed by atoms with Crippen molar-refractivity contribution >= 4 is 44.6 Å². The van der Waals surface area contributed by atoms with Crippen LogP contribution in [0.1, 0.15) is 101 Å². The number of aromatic nitrogens is 2. The SMILES string of the molecule is CC(C)(C)c1ccnc(-n2c3cc(Oc4cc(N5CN(c6c(-c7ccccc7)cc(C(C)(C)C)cc6-c6ccccc6)c6ccccc65)cc(C5(c6ccccc6)c6ccccc6-c6ccccc65)c4)ccc3c3cccc(C(C)(C)C)c32)c1. The van der Waals surface area contributed by atoms with Crippen molar-refractivity contribution in [3.63, 3.8) is 0 Å². The van der Waals surface area contributed by atoms with Crippen molar-refractivity contribution in [2.45, 2.75) is 84.0 Å². The molecule has 0 amide bonds. The van der Waals surface area contributed by atoms with E-state index in [1.807, 2.05) is 6.20 Å². The Balaban J connectivity index is 1.01. The van der Waals surface area contributed by atoms with Gasteiger partial charge in [0.1, 0.15) is 24.0 Å². The lowest BCUT2D eigenvalue weighted by atomic mass is 9.67. The molecular weight excluding hydrogens is 1020 g/mol. The third-order valence-corrected chi connectivity index (χ3v) is 17.6. The van der Waals surface area contributed by atoms with E-state index in [4.69, 9.17) is 9.72 Å². The van der Waals surface area contributed by atoms with Crippen LogP contribution in [0.2, 0.25) is 0 Å². The number of para-hydroxylation sites is 3. The molecule has 0 saturated carbocycles. The number of rotatable bonds is 9. The molecule has 5 heteroatoms. The molecule has 0 N–H and O–H groups in total.